The molecule has 2 rings (SSSR count). The summed E-state index contributed by atoms with van der Waals surface area (Å²) in [6.45, 7) is 11.3. The average Bonchev–Trinajstić information content (AvgIpc) is 2.28. The fourth-order valence-electron chi connectivity index (χ4n) is 2.49. The van der Waals surface area contributed by atoms with Crippen LogP contribution in [0.2, 0.25) is 0 Å². The molecule has 0 saturated heterocycles. The number of benzene rings is 2. The summed E-state index contributed by atoms with van der Waals surface area (Å²) in [5.74, 6) is 1.20. The van der Waals surface area contributed by atoms with Crippen molar-refractivity contribution in [2.24, 2.45) is 0 Å². The summed E-state index contributed by atoms with van der Waals surface area (Å²) >= 11 is 0. The first-order valence-electron chi connectivity index (χ1n) is 6.54. The van der Waals surface area contributed by atoms with Gasteiger partial charge in [0.1, 0.15) is 0 Å². The van der Waals surface area contributed by atoms with Crippen molar-refractivity contribution < 1.29 is 0 Å². The monoisotopic (exact) mass is 226 g/mol. The van der Waals surface area contributed by atoms with Gasteiger partial charge < -0.3 is 0 Å². The molecular formula is C17H22. The summed E-state index contributed by atoms with van der Waals surface area (Å²) in [7, 11) is 0. The van der Waals surface area contributed by atoms with E-state index in [2.05, 4.69) is 65.0 Å². The molecule has 0 fully saturated rings. The van der Waals surface area contributed by atoms with Crippen LogP contribution in [0.15, 0.2) is 30.3 Å². The molecule has 0 unspecified atom stereocenters. The van der Waals surface area contributed by atoms with E-state index in [1.54, 1.807) is 0 Å². The summed E-state index contributed by atoms with van der Waals surface area (Å²) in [6.07, 6.45) is 0. The van der Waals surface area contributed by atoms with Gasteiger partial charge in [0, 0.05) is 0 Å². The third kappa shape index (κ3) is 2.22. The molecule has 0 bridgehead atoms. The van der Waals surface area contributed by atoms with Crippen LogP contribution in [-0.4, -0.2) is 0 Å². The highest BCUT2D eigenvalue weighted by Gasteiger charge is 2.08. The van der Waals surface area contributed by atoms with Crippen LogP contribution in [0.1, 0.15) is 56.2 Å². The Kier molecular flexibility index (Phi) is 3.24. The predicted molar refractivity (Wildman–Crippen MR) is 76.9 cm³/mol. The second kappa shape index (κ2) is 4.52. The highest BCUT2D eigenvalue weighted by molar-refractivity contribution is 5.87. The van der Waals surface area contributed by atoms with E-state index in [0.717, 1.165) is 0 Å². The molecule has 0 N–H and O–H groups in total. The van der Waals surface area contributed by atoms with Gasteiger partial charge in [-0.1, -0.05) is 58.0 Å². The Bertz CT molecular complexity index is 528. The maximum absolute atomic E-state index is 2.36. The summed E-state index contributed by atoms with van der Waals surface area (Å²) in [5, 5.41) is 2.78. The molecule has 0 spiro atoms. The van der Waals surface area contributed by atoms with Crippen molar-refractivity contribution in [3.8, 4) is 0 Å². The van der Waals surface area contributed by atoms with Gasteiger partial charge in [-0.3, -0.25) is 0 Å². The summed E-state index contributed by atoms with van der Waals surface area (Å²) in [4.78, 5) is 0. The molecule has 0 aromatic heterocycles. The maximum Gasteiger partial charge on any atom is -0.0149 e. The lowest BCUT2D eigenvalue weighted by Crippen LogP contribution is -1.94. The van der Waals surface area contributed by atoms with E-state index in [1.807, 2.05) is 0 Å². The summed E-state index contributed by atoms with van der Waals surface area (Å²) < 4.78 is 0. The maximum atomic E-state index is 2.36. The Morgan fingerprint density at radius 2 is 1.47 bits per heavy atom. The van der Waals surface area contributed by atoms with Crippen molar-refractivity contribution in [2.75, 3.05) is 0 Å². The Morgan fingerprint density at radius 3 is 2.06 bits per heavy atom. The molecular weight excluding hydrogens is 204 g/mol. The fourth-order valence-corrected chi connectivity index (χ4v) is 2.49. The molecule has 0 saturated carbocycles. The minimum Gasteiger partial charge on any atom is -0.0587 e. The van der Waals surface area contributed by atoms with E-state index in [4.69, 9.17) is 0 Å². The van der Waals surface area contributed by atoms with Gasteiger partial charge in [0.15, 0.2) is 0 Å². The molecule has 0 radical (unpaired) electrons. The minimum atomic E-state index is 0.599. The Hall–Kier alpha value is -1.30. The number of hydrogen-bond acceptors (Lipinski definition) is 0. The molecule has 0 atom stereocenters. The molecule has 0 heteroatoms. The van der Waals surface area contributed by atoms with Crippen LogP contribution in [0.25, 0.3) is 10.8 Å². The van der Waals surface area contributed by atoms with E-state index in [9.17, 15) is 0 Å². The lowest BCUT2D eigenvalue weighted by atomic mass is 9.91. The first-order chi connectivity index (χ1) is 8.00. The molecule has 0 aliphatic rings. The van der Waals surface area contributed by atoms with Gasteiger partial charge in [-0.2, -0.15) is 0 Å². The molecule has 0 heterocycles. The van der Waals surface area contributed by atoms with E-state index < -0.39 is 0 Å². The van der Waals surface area contributed by atoms with E-state index in [0.29, 0.717) is 11.8 Å². The van der Waals surface area contributed by atoms with Crippen LogP contribution in [0, 0.1) is 6.92 Å². The molecule has 0 nitrogen and oxygen atoms in total. The largest absolute Gasteiger partial charge is 0.0587 e. The Morgan fingerprint density at radius 1 is 0.824 bits per heavy atom. The molecule has 17 heavy (non-hydrogen) atoms. The first-order valence-corrected chi connectivity index (χ1v) is 6.54. The first kappa shape index (κ1) is 12.2. The van der Waals surface area contributed by atoms with Crippen molar-refractivity contribution in [1.29, 1.82) is 0 Å². The Labute approximate surface area is 105 Å². The quantitative estimate of drug-likeness (QED) is 0.643. The van der Waals surface area contributed by atoms with Crippen LogP contribution in [0.3, 0.4) is 0 Å². The predicted octanol–water partition coefficient (Wildman–Crippen LogP) is 5.40. The zero-order valence-corrected chi connectivity index (χ0v) is 11.5. The molecule has 90 valence electrons. The number of fused-ring (bicyclic) bond motifs is 1. The number of rotatable bonds is 2. The van der Waals surface area contributed by atoms with E-state index in [1.165, 1.54) is 27.5 Å². The van der Waals surface area contributed by atoms with Crippen molar-refractivity contribution in [3.05, 3.63) is 47.0 Å². The summed E-state index contributed by atoms with van der Waals surface area (Å²) in [6, 6.07) is 11.4. The zero-order valence-electron chi connectivity index (χ0n) is 11.5. The van der Waals surface area contributed by atoms with Gasteiger partial charge in [-0.05, 0) is 46.2 Å². The van der Waals surface area contributed by atoms with Gasteiger partial charge in [0.25, 0.3) is 0 Å². The van der Waals surface area contributed by atoms with Crippen molar-refractivity contribution in [3.63, 3.8) is 0 Å². The lowest BCUT2D eigenvalue weighted by Gasteiger charge is -2.14. The highest BCUT2D eigenvalue weighted by atomic mass is 14.1. The normalized spacial score (nSPS) is 11.7. The van der Waals surface area contributed by atoms with Gasteiger partial charge in [0.2, 0.25) is 0 Å². The molecule has 0 aliphatic heterocycles. The second-order valence-electron chi connectivity index (χ2n) is 5.57. The van der Waals surface area contributed by atoms with E-state index in [-0.39, 0.29) is 0 Å². The topological polar surface area (TPSA) is 0 Å². The van der Waals surface area contributed by atoms with Crippen LogP contribution < -0.4 is 0 Å². The van der Waals surface area contributed by atoms with Gasteiger partial charge in [-0.15, -0.1) is 0 Å². The molecule has 0 aliphatic carbocycles. The van der Waals surface area contributed by atoms with Gasteiger partial charge >= 0.3 is 0 Å². The van der Waals surface area contributed by atoms with Gasteiger partial charge in [-0.25, -0.2) is 0 Å². The molecule has 2 aromatic carbocycles. The minimum absolute atomic E-state index is 0.599. The zero-order chi connectivity index (χ0) is 12.6. The average molecular weight is 226 g/mol. The third-order valence-electron chi connectivity index (χ3n) is 3.65. The fraction of sp³-hybridized carbons (Fsp3) is 0.412. The highest BCUT2D eigenvalue weighted by Crippen LogP contribution is 2.29. The van der Waals surface area contributed by atoms with Crippen LogP contribution >= 0.6 is 0 Å². The standard InChI is InChI=1S/C17H22/c1-11(2)15-7-6-14-8-9-16(12(3)4)13(5)17(14)10-15/h6-12H,1-5H3. The van der Waals surface area contributed by atoms with Crippen molar-refractivity contribution in [1.82, 2.24) is 0 Å². The number of aryl methyl sites for hydroxylation is 1. The third-order valence-corrected chi connectivity index (χ3v) is 3.65. The SMILES string of the molecule is Cc1c(C(C)C)ccc2ccc(C(C)C)cc12. The second-order valence-corrected chi connectivity index (χ2v) is 5.57. The van der Waals surface area contributed by atoms with E-state index >= 15 is 0 Å². The Balaban J connectivity index is 2.69. The van der Waals surface area contributed by atoms with Crippen LogP contribution in [-0.2, 0) is 0 Å². The van der Waals surface area contributed by atoms with Crippen LogP contribution in [0.5, 0.6) is 0 Å². The van der Waals surface area contributed by atoms with Crippen LogP contribution in [0.4, 0.5) is 0 Å². The molecule has 0 amide bonds. The van der Waals surface area contributed by atoms with Gasteiger partial charge in [0.05, 0.1) is 0 Å². The smallest absolute Gasteiger partial charge is 0.0149 e. The van der Waals surface area contributed by atoms with Crippen molar-refractivity contribution in [2.45, 2.75) is 46.5 Å². The summed E-state index contributed by atoms with van der Waals surface area (Å²) in [5.41, 5.74) is 4.35. The number of hydrogen-bond donors (Lipinski definition) is 0. The lowest BCUT2D eigenvalue weighted by molar-refractivity contribution is 0.857. The molecule has 2 aromatic rings. The van der Waals surface area contributed by atoms with Crippen molar-refractivity contribution >= 4 is 10.8 Å².